The summed E-state index contributed by atoms with van der Waals surface area (Å²) in [5.41, 5.74) is 1.87. The summed E-state index contributed by atoms with van der Waals surface area (Å²) in [6.45, 7) is 0.454. The standard InChI is InChI=1S/C25H22ClN7O4S/c1-33(2)14-22-30-31-25(37-22)15-6-5-7-17(12-15)38(35,36)32-24-23(27-19-8-3-4-9-20(19)28-24)29-21-13-16(34)10-11-18(21)26/h3-13,34H,14H2,1-2H3,(H,27,29)(H,28,32)/p+1. The quantitative estimate of drug-likeness (QED) is 0.267. The normalized spacial score (nSPS) is 11.7. The Morgan fingerprint density at radius 3 is 2.42 bits per heavy atom. The summed E-state index contributed by atoms with van der Waals surface area (Å²) < 4.78 is 35.1. The third kappa shape index (κ3) is 5.52. The second-order valence-corrected chi connectivity index (χ2v) is 10.7. The van der Waals surface area contributed by atoms with Gasteiger partial charge in [0.25, 0.3) is 15.8 Å². The first-order chi connectivity index (χ1) is 18.2. The van der Waals surface area contributed by atoms with Crippen LogP contribution in [0.1, 0.15) is 5.89 Å². The third-order valence-electron chi connectivity index (χ3n) is 5.33. The van der Waals surface area contributed by atoms with Gasteiger partial charge in [0, 0.05) is 11.6 Å². The summed E-state index contributed by atoms with van der Waals surface area (Å²) in [5.74, 6) is 0.928. The van der Waals surface area contributed by atoms with Gasteiger partial charge >= 0.3 is 0 Å². The monoisotopic (exact) mass is 552 g/mol. The summed E-state index contributed by atoms with van der Waals surface area (Å²) >= 11 is 6.30. The number of nitrogens with one attached hydrogen (secondary N) is 2. The van der Waals surface area contributed by atoms with Gasteiger partial charge in [-0.25, -0.2) is 18.4 Å². The molecule has 0 unspecified atom stereocenters. The van der Waals surface area contributed by atoms with Gasteiger partial charge in [0.15, 0.2) is 11.6 Å². The average molecular weight is 553 g/mol. The summed E-state index contributed by atoms with van der Waals surface area (Å²) in [7, 11) is -0.370. The van der Waals surface area contributed by atoms with Gasteiger partial charge in [0.05, 0.1) is 39.3 Å². The van der Waals surface area contributed by atoms with Crippen LogP contribution in [0.4, 0.5) is 17.3 Å². The van der Waals surface area contributed by atoms with E-state index in [1.54, 1.807) is 48.5 Å². The Hall–Kier alpha value is -4.26. The van der Waals surface area contributed by atoms with Gasteiger partial charge in [-0.3, -0.25) is 4.72 Å². The van der Waals surface area contributed by atoms with E-state index in [1.807, 2.05) is 19.0 Å². The molecule has 4 N–H and O–H groups in total. The molecular formula is C25H23ClN7O4S+. The highest BCUT2D eigenvalue weighted by Crippen LogP contribution is 2.32. The van der Waals surface area contributed by atoms with Gasteiger partial charge in [-0.1, -0.05) is 29.8 Å². The van der Waals surface area contributed by atoms with Gasteiger partial charge in [-0.2, -0.15) is 0 Å². The Kier molecular flexibility index (Phi) is 6.85. The number of hydrogen-bond donors (Lipinski definition) is 2. The number of anilines is 3. The van der Waals surface area contributed by atoms with E-state index >= 15 is 0 Å². The first-order valence-corrected chi connectivity index (χ1v) is 13.2. The molecule has 5 rings (SSSR count). The number of benzene rings is 3. The number of rotatable bonds is 8. The highest BCUT2D eigenvalue weighted by Gasteiger charge is 2.21. The number of nitrogens with zero attached hydrogens (tertiary/aromatic N) is 5. The average Bonchev–Trinajstić information content (AvgIpc) is 3.34. The SMILES string of the molecule is CN(C)Cc1nnc(-c2cccc(S(=O)(=O)Nc3nc4ccccc4nc3Nc3cc([OH2+])ccc3Cl)c2)o1. The van der Waals surface area contributed by atoms with Crippen molar-refractivity contribution >= 4 is 50.0 Å². The second kappa shape index (κ2) is 10.2. The van der Waals surface area contributed by atoms with Crippen LogP contribution in [-0.2, 0) is 16.6 Å². The lowest BCUT2D eigenvalue weighted by atomic mass is 10.2. The fourth-order valence-electron chi connectivity index (χ4n) is 3.59. The molecule has 0 aliphatic carbocycles. The van der Waals surface area contributed by atoms with Crippen LogP contribution < -0.4 is 10.0 Å². The van der Waals surface area contributed by atoms with Gasteiger partial charge in [-0.05, 0) is 50.5 Å². The Labute approximate surface area is 223 Å². The Balaban J connectivity index is 1.51. The zero-order valence-electron chi connectivity index (χ0n) is 20.3. The van der Waals surface area contributed by atoms with E-state index in [-0.39, 0.29) is 28.2 Å². The Bertz CT molecular complexity index is 1740. The van der Waals surface area contributed by atoms with Crippen LogP contribution >= 0.6 is 11.6 Å². The van der Waals surface area contributed by atoms with E-state index in [2.05, 4.69) is 30.2 Å². The first-order valence-electron chi connectivity index (χ1n) is 11.3. The van der Waals surface area contributed by atoms with E-state index in [0.717, 1.165) is 0 Å². The van der Waals surface area contributed by atoms with Gasteiger partial charge < -0.3 is 19.7 Å². The zero-order chi connectivity index (χ0) is 26.9. The highest BCUT2D eigenvalue weighted by molar-refractivity contribution is 7.92. The van der Waals surface area contributed by atoms with Crippen molar-refractivity contribution in [2.24, 2.45) is 0 Å². The lowest BCUT2D eigenvalue weighted by Crippen LogP contribution is -2.16. The predicted molar refractivity (Wildman–Crippen MR) is 145 cm³/mol. The second-order valence-electron chi connectivity index (χ2n) is 8.60. The fraction of sp³-hybridized carbons (Fsp3) is 0.120. The molecule has 11 nitrogen and oxygen atoms in total. The molecule has 0 amide bonds. The number of aromatic nitrogens is 4. The molecule has 0 saturated heterocycles. The molecule has 0 fully saturated rings. The maximum Gasteiger partial charge on any atom is 0.263 e. The lowest BCUT2D eigenvalue weighted by molar-refractivity contribution is 0.344. The van der Waals surface area contributed by atoms with E-state index in [9.17, 15) is 8.42 Å². The van der Waals surface area contributed by atoms with Gasteiger partial charge in [-0.15, -0.1) is 10.2 Å². The van der Waals surface area contributed by atoms with Crippen LogP contribution in [-0.4, -0.2) is 52.7 Å². The van der Waals surface area contributed by atoms with Crippen LogP contribution in [0.15, 0.2) is 76.0 Å². The van der Waals surface area contributed by atoms with E-state index < -0.39 is 10.0 Å². The molecule has 38 heavy (non-hydrogen) atoms. The summed E-state index contributed by atoms with van der Waals surface area (Å²) in [6.07, 6.45) is 0. The summed E-state index contributed by atoms with van der Waals surface area (Å²) in [5, 5.41) is 19.3. The maximum absolute atomic E-state index is 13.5. The van der Waals surface area contributed by atoms with Crippen molar-refractivity contribution in [2.75, 3.05) is 24.1 Å². The number of fused-ring (bicyclic) bond motifs is 1. The van der Waals surface area contributed by atoms with Crippen molar-refractivity contribution < 1.29 is 17.9 Å². The van der Waals surface area contributed by atoms with Crippen molar-refractivity contribution in [2.45, 2.75) is 11.4 Å². The van der Waals surface area contributed by atoms with Crippen LogP contribution in [0.5, 0.6) is 5.75 Å². The molecule has 0 aliphatic rings. The van der Waals surface area contributed by atoms with Crippen molar-refractivity contribution in [1.29, 1.82) is 0 Å². The van der Waals surface area contributed by atoms with Crippen molar-refractivity contribution in [3.8, 4) is 17.2 Å². The predicted octanol–water partition coefficient (Wildman–Crippen LogP) is 4.38. The van der Waals surface area contributed by atoms with Crippen molar-refractivity contribution in [3.63, 3.8) is 0 Å². The Morgan fingerprint density at radius 1 is 0.947 bits per heavy atom. The molecule has 5 aromatic rings. The minimum Gasteiger partial charge on any atom is -0.593 e. The topological polar surface area (TPSA) is 149 Å². The number of halogens is 1. The largest absolute Gasteiger partial charge is 0.593 e. The van der Waals surface area contributed by atoms with E-state index in [0.29, 0.717) is 39.7 Å². The molecule has 0 radical (unpaired) electrons. The van der Waals surface area contributed by atoms with E-state index in [1.165, 1.54) is 18.2 Å². The van der Waals surface area contributed by atoms with Crippen LogP contribution in [0, 0.1) is 0 Å². The summed E-state index contributed by atoms with van der Waals surface area (Å²) in [4.78, 5) is 10.9. The molecule has 2 heterocycles. The molecule has 2 aromatic heterocycles. The number of para-hydroxylation sites is 2. The summed E-state index contributed by atoms with van der Waals surface area (Å²) in [6, 6.07) is 17.8. The minimum atomic E-state index is -4.12. The molecular weight excluding hydrogens is 530 g/mol. The lowest BCUT2D eigenvalue weighted by Gasteiger charge is -2.14. The molecule has 0 aliphatic heterocycles. The maximum atomic E-state index is 13.5. The third-order valence-corrected chi connectivity index (χ3v) is 7.00. The van der Waals surface area contributed by atoms with Crippen molar-refractivity contribution in [1.82, 2.24) is 25.1 Å². The van der Waals surface area contributed by atoms with Crippen LogP contribution in [0.25, 0.3) is 22.5 Å². The molecule has 13 heteroatoms. The van der Waals surface area contributed by atoms with Crippen LogP contribution in [0.2, 0.25) is 5.02 Å². The van der Waals surface area contributed by atoms with Gasteiger partial charge in [0.2, 0.25) is 11.8 Å². The molecule has 0 saturated carbocycles. The Morgan fingerprint density at radius 2 is 1.68 bits per heavy atom. The number of hydrogen-bond acceptors (Lipinski definition) is 9. The molecule has 3 aromatic carbocycles. The minimum absolute atomic E-state index is 0.0329. The molecule has 0 atom stereocenters. The molecule has 0 spiro atoms. The first kappa shape index (κ1) is 25.4. The van der Waals surface area contributed by atoms with Crippen molar-refractivity contribution in [3.05, 3.63) is 77.6 Å². The molecule has 194 valence electrons. The van der Waals surface area contributed by atoms with Crippen LogP contribution in [0.3, 0.4) is 0 Å². The highest BCUT2D eigenvalue weighted by atomic mass is 35.5. The fourth-order valence-corrected chi connectivity index (χ4v) is 4.81. The van der Waals surface area contributed by atoms with Gasteiger partial charge in [0.1, 0.15) is 0 Å². The smallest absolute Gasteiger partial charge is 0.263 e. The molecule has 0 bridgehead atoms. The van der Waals surface area contributed by atoms with E-state index in [4.69, 9.17) is 21.1 Å². The number of sulfonamides is 1. The zero-order valence-corrected chi connectivity index (χ0v) is 21.9.